The Morgan fingerprint density at radius 1 is 1.06 bits per heavy atom. The molecule has 1 aromatic rings. The first-order valence-electron chi connectivity index (χ1n) is 12.5. The average Bonchev–Trinajstić information content (AvgIpc) is 2.84. The van der Waals surface area contributed by atoms with Crippen molar-refractivity contribution in [2.24, 2.45) is 0 Å². The maximum absolute atomic E-state index is 13.1. The number of piperazine rings is 1. The molecule has 1 heterocycles. The molecule has 2 atom stereocenters. The molecule has 1 aliphatic heterocycles. The molecule has 1 N–H and O–H groups in total. The Balaban J connectivity index is 1.81. The second kappa shape index (κ2) is 15.2. The van der Waals surface area contributed by atoms with Gasteiger partial charge in [0.2, 0.25) is 5.91 Å². The number of unbranched alkanes of at least 4 members (excludes halogenated alkanes) is 7. The van der Waals surface area contributed by atoms with E-state index in [4.69, 9.17) is 14.2 Å². The highest BCUT2D eigenvalue weighted by molar-refractivity contribution is 5.93. The Morgan fingerprint density at radius 3 is 2.38 bits per heavy atom. The van der Waals surface area contributed by atoms with Crippen molar-refractivity contribution in [3.8, 4) is 11.5 Å². The van der Waals surface area contributed by atoms with Crippen LogP contribution in [0.2, 0.25) is 0 Å². The normalized spacial score (nSPS) is 16.5. The van der Waals surface area contributed by atoms with Crippen LogP contribution in [0.5, 0.6) is 11.5 Å². The zero-order chi connectivity index (χ0) is 24.8. The topological polar surface area (TPSA) is 94.2 Å². The number of hydrogen-bond acceptors (Lipinski definition) is 6. The molecule has 1 aromatic carbocycles. The van der Waals surface area contributed by atoms with E-state index < -0.39 is 18.1 Å². The highest BCUT2D eigenvalue weighted by Crippen LogP contribution is 2.27. The van der Waals surface area contributed by atoms with E-state index in [0.29, 0.717) is 31.2 Å². The summed E-state index contributed by atoms with van der Waals surface area (Å²) in [6.45, 7) is 4.80. The SMILES string of the molecule is CCCCCCCCCCOC(=O)CC1C(=O)NCCN1C(=O)C(C)Oc1ccccc1OC. The summed E-state index contributed by atoms with van der Waals surface area (Å²) < 4.78 is 16.4. The highest BCUT2D eigenvalue weighted by Gasteiger charge is 2.37. The summed E-state index contributed by atoms with van der Waals surface area (Å²) in [7, 11) is 1.53. The zero-order valence-corrected chi connectivity index (χ0v) is 20.8. The van der Waals surface area contributed by atoms with Gasteiger partial charge in [0, 0.05) is 13.1 Å². The van der Waals surface area contributed by atoms with E-state index in [1.807, 2.05) is 6.07 Å². The fourth-order valence-corrected chi connectivity index (χ4v) is 4.01. The second-order valence-electron chi connectivity index (χ2n) is 8.65. The number of carbonyl (C=O) groups is 3. The molecular weight excluding hydrogens is 436 g/mol. The molecule has 0 bridgehead atoms. The van der Waals surface area contributed by atoms with Gasteiger partial charge in [0.25, 0.3) is 5.91 Å². The van der Waals surface area contributed by atoms with Crippen molar-refractivity contribution in [1.82, 2.24) is 10.2 Å². The Kier molecular flexibility index (Phi) is 12.3. The second-order valence-corrected chi connectivity index (χ2v) is 8.65. The number of esters is 1. The predicted molar refractivity (Wildman–Crippen MR) is 130 cm³/mol. The average molecular weight is 477 g/mol. The van der Waals surface area contributed by atoms with Crippen LogP contribution in [0, 0.1) is 0 Å². The van der Waals surface area contributed by atoms with Crippen molar-refractivity contribution in [3.63, 3.8) is 0 Å². The largest absolute Gasteiger partial charge is 0.493 e. The Hall–Kier alpha value is -2.77. The third-order valence-electron chi connectivity index (χ3n) is 5.96. The van der Waals surface area contributed by atoms with E-state index >= 15 is 0 Å². The molecule has 34 heavy (non-hydrogen) atoms. The van der Waals surface area contributed by atoms with Gasteiger partial charge < -0.3 is 24.4 Å². The van der Waals surface area contributed by atoms with Crippen LogP contribution in [-0.2, 0) is 19.1 Å². The molecule has 190 valence electrons. The fraction of sp³-hybridized carbons (Fsp3) is 0.654. The molecular formula is C26H40N2O6. The number of methoxy groups -OCH3 is 1. The van der Waals surface area contributed by atoms with Crippen molar-refractivity contribution < 1.29 is 28.6 Å². The molecule has 2 rings (SSSR count). The zero-order valence-electron chi connectivity index (χ0n) is 20.8. The summed E-state index contributed by atoms with van der Waals surface area (Å²) in [5.41, 5.74) is 0. The lowest BCUT2D eigenvalue weighted by molar-refractivity contribution is -0.154. The number of nitrogens with one attached hydrogen (secondary N) is 1. The molecule has 0 spiro atoms. The molecule has 8 nitrogen and oxygen atoms in total. The molecule has 0 aliphatic carbocycles. The molecule has 1 aliphatic rings. The van der Waals surface area contributed by atoms with Crippen molar-refractivity contribution in [2.45, 2.75) is 83.8 Å². The molecule has 8 heteroatoms. The van der Waals surface area contributed by atoms with E-state index in [2.05, 4.69) is 12.2 Å². The lowest BCUT2D eigenvalue weighted by Gasteiger charge is -2.36. The van der Waals surface area contributed by atoms with Gasteiger partial charge in [-0.2, -0.15) is 0 Å². The maximum atomic E-state index is 13.1. The Morgan fingerprint density at radius 2 is 1.71 bits per heavy atom. The Labute approximate surface area is 203 Å². The standard InChI is InChI=1S/C26H40N2O6/c1-4-5-6-7-8-9-10-13-18-33-24(29)19-21-25(30)27-16-17-28(21)26(31)20(2)34-23-15-12-11-14-22(23)32-3/h11-12,14-15,20-21H,4-10,13,16-19H2,1-3H3,(H,27,30). The fourth-order valence-electron chi connectivity index (χ4n) is 4.01. The summed E-state index contributed by atoms with van der Waals surface area (Å²) in [5.74, 6) is -0.232. The maximum Gasteiger partial charge on any atom is 0.308 e. The van der Waals surface area contributed by atoms with Crippen LogP contribution in [0.4, 0.5) is 0 Å². The third kappa shape index (κ3) is 8.88. The first-order valence-corrected chi connectivity index (χ1v) is 12.5. The number of nitrogens with zero attached hydrogens (tertiary/aromatic N) is 1. The van der Waals surface area contributed by atoms with Gasteiger partial charge >= 0.3 is 5.97 Å². The summed E-state index contributed by atoms with van der Waals surface area (Å²) >= 11 is 0. The van der Waals surface area contributed by atoms with Crippen LogP contribution in [0.3, 0.4) is 0 Å². The van der Waals surface area contributed by atoms with Crippen molar-refractivity contribution in [1.29, 1.82) is 0 Å². The highest BCUT2D eigenvalue weighted by atomic mass is 16.5. The van der Waals surface area contributed by atoms with Crippen LogP contribution in [0.1, 0.15) is 71.6 Å². The van der Waals surface area contributed by atoms with Crippen LogP contribution in [0.15, 0.2) is 24.3 Å². The summed E-state index contributed by atoms with van der Waals surface area (Å²) in [6, 6.07) is 6.14. The third-order valence-corrected chi connectivity index (χ3v) is 5.96. The van der Waals surface area contributed by atoms with Gasteiger partial charge in [0.1, 0.15) is 6.04 Å². The minimum Gasteiger partial charge on any atom is -0.493 e. The van der Waals surface area contributed by atoms with Crippen molar-refractivity contribution in [3.05, 3.63) is 24.3 Å². The number of ether oxygens (including phenoxy) is 3. The molecule has 2 unspecified atom stereocenters. The molecule has 0 aromatic heterocycles. The number of rotatable bonds is 15. The van der Waals surface area contributed by atoms with Gasteiger partial charge in [-0.05, 0) is 25.5 Å². The number of benzene rings is 1. The first kappa shape index (κ1) is 27.5. The minimum absolute atomic E-state index is 0.171. The van der Waals surface area contributed by atoms with Crippen LogP contribution in [-0.4, -0.2) is 61.6 Å². The van der Waals surface area contributed by atoms with Gasteiger partial charge in [-0.15, -0.1) is 0 Å². The van der Waals surface area contributed by atoms with Gasteiger partial charge in [-0.1, -0.05) is 64.0 Å². The number of para-hydroxylation sites is 2. The van der Waals surface area contributed by atoms with Gasteiger partial charge in [0.05, 0.1) is 20.1 Å². The molecule has 1 saturated heterocycles. The van der Waals surface area contributed by atoms with Crippen molar-refractivity contribution in [2.75, 3.05) is 26.8 Å². The minimum atomic E-state index is -0.906. The van der Waals surface area contributed by atoms with Crippen LogP contribution in [0.25, 0.3) is 0 Å². The smallest absolute Gasteiger partial charge is 0.308 e. The first-order chi connectivity index (χ1) is 16.5. The molecule has 2 amide bonds. The van der Waals surface area contributed by atoms with E-state index in [-0.39, 0.29) is 18.2 Å². The van der Waals surface area contributed by atoms with E-state index in [9.17, 15) is 14.4 Å². The number of amides is 2. The van der Waals surface area contributed by atoms with Crippen LogP contribution >= 0.6 is 0 Å². The van der Waals surface area contributed by atoms with Gasteiger partial charge in [-0.25, -0.2) is 0 Å². The van der Waals surface area contributed by atoms with Gasteiger partial charge in [0.15, 0.2) is 17.6 Å². The predicted octanol–water partition coefficient (Wildman–Crippen LogP) is 3.86. The van der Waals surface area contributed by atoms with E-state index in [0.717, 1.165) is 19.3 Å². The van der Waals surface area contributed by atoms with Gasteiger partial charge in [-0.3, -0.25) is 14.4 Å². The Bertz CT molecular complexity index is 784. The number of hydrogen-bond donors (Lipinski definition) is 1. The number of carbonyl (C=O) groups excluding carboxylic acids is 3. The van der Waals surface area contributed by atoms with E-state index in [1.54, 1.807) is 25.1 Å². The lowest BCUT2D eigenvalue weighted by Crippen LogP contribution is -2.60. The molecule has 1 fully saturated rings. The molecule has 0 radical (unpaired) electrons. The summed E-state index contributed by atoms with van der Waals surface area (Å²) in [5, 5.41) is 2.73. The molecule has 0 saturated carbocycles. The quantitative estimate of drug-likeness (QED) is 0.305. The van der Waals surface area contributed by atoms with E-state index in [1.165, 1.54) is 44.1 Å². The van der Waals surface area contributed by atoms with Crippen molar-refractivity contribution >= 4 is 17.8 Å². The van der Waals surface area contributed by atoms with Crippen LogP contribution < -0.4 is 14.8 Å². The summed E-state index contributed by atoms with van der Waals surface area (Å²) in [6.07, 6.45) is 8.23. The monoisotopic (exact) mass is 476 g/mol. The summed E-state index contributed by atoms with van der Waals surface area (Å²) in [4.78, 5) is 39.4. The lowest BCUT2D eigenvalue weighted by atomic mass is 10.1.